The van der Waals surface area contributed by atoms with Gasteiger partial charge in [-0.15, -0.1) is 0 Å². The van der Waals surface area contributed by atoms with Crippen molar-refractivity contribution in [1.29, 1.82) is 0 Å². The summed E-state index contributed by atoms with van der Waals surface area (Å²) >= 11 is 0. The van der Waals surface area contributed by atoms with Gasteiger partial charge in [0.1, 0.15) is 5.75 Å². The Hall–Kier alpha value is -3.27. The van der Waals surface area contributed by atoms with Gasteiger partial charge in [0.2, 0.25) is 0 Å². The Morgan fingerprint density at radius 3 is 2.45 bits per heavy atom. The maximum Gasteiger partial charge on any atom is 0.252 e. The highest BCUT2D eigenvalue weighted by atomic mass is 16.5. The number of ether oxygens (including phenoxy) is 1. The molecule has 1 aliphatic rings. The molecule has 1 heterocycles. The van der Waals surface area contributed by atoms with Crippen molar-refractivity contribution in [3.05, 3.63) is 95.1 Å². The van der Waals surface area contributed by atoms with Crippen LogP contribution in [0, 0.1) is 0 Å². The Morgan fingerprint density at radius 2 is 1.72 bits per heavy atom. The lowest BCUT2D eigenvalue weighted by Gasteiger charge is -2.23. The zero-order chi connectivity index (χ0) is 20.2. The van der Waals surface area contributed by atoms with Crippen LogP contribution < -0.4 is 15.0 Å². The highest BCUT2D eigenvalue weighted by Crippen LogP contribution is 2.30. The number of aryl methyl sites for hydroxylation is 1. The minimum Gasteiger partial charge on any atom is -0.493 e. The summed E-state index contributed by atoms with van der Waals surface area (Å²) in [5.41, 5.74) is 5.05. The number of hydrogen-bond acceptors (Lipinski definition) is 3. The summed E-state index contributed by atoms with van der Waals surface area (Å²) in [6.07, 6.45) is 2.03. The number of fused-ring (bicyclic) bond motifs is 1. The summed E-state index contributed by atoms with van der Waals surface area (Å²) < 4.78 is 5.75. The first kappa shape index (κ1) is 19.1. The van der Waals surface area contributed by atoms with Gasteiger partial charge in [-0.2, -0.15) is 0 Å². The molecule has 0 fully saturated rings. The number of nitrogens with one attached hydrogen (secondary N) is 1. The summed E-state index contributed by atoms with van der Waals surface area (Å²) in [7, 11) is 3.97. The summed E-state index contributed by atoms with van der Waals surface area (Å²) in [6.45, 7) is 0.772. The second-order valence-corrected chi connectivity index (χ2v) is 7.58. The molecule has 4 rings (SSSR count). The van der Waals surface area contributed by atoms with E-state index in [0.717, 1.165) is 42.0 Å². The van der Waals surface area contributed by atoms with E-state index in [1.165, 1.54) is 5.56 Å². The zero-order valence-corrected chi connectivity index (χ0v) is 16.9. The highest BCUT2D eigenvalue weighted by molar-refractivity contribution is 5.95. The second-order valence-electron chi connectivity index (χ2n) is 7.58. The SMILES string of the molecule is CN(C)c1ccc(C(=O)NC(c2ccccc2)c2ccc3c(c2)CCCO3)cc1. The third-order valence-electron chi connectivity index (χ3n) is 5.32. The third kappa shape index (κ3) is 4.27. The lowest BCUT2D eigenvalue weighted by atomic mass is 9.94. The number of anilines is 1. The summed E-state index contributed by atoms with van der Waals surface area (Å²) in [6, 6.07) is 23.8. The van der Waals surface area contributed by atoms with Crippen molar-refractivity contribution >= 4 is 11.6 Å². The lowest BCUT2D eigenvalue weighted by molar-refractivity contribution is 0.0943. The zero-order valence-electron chi connectivity index (χ0n) is 16.9. The van der Waals surface area contributed by atoms with Crippen molar-refractivity contribution in [3.63, 3.8) is 0 Å². The van der Waals surface area contributed by atoms with E-state index in [1.807, 2.05) is 67.5 Å². The molecule has 3 aromatic rings. The topological polar surface area (TPSA) is 41.6 Å². The maximum atomic E-state index is 13.0. The molecule has 1 unspecified atom stereocenters. The quantitative estimate of drug-likeness (QED) is 0.697. The summed E-state index contributed by atoms with van der Waals surface area (Å²) in [4.78, 5) is 15.0. The van der Waals surface area contributed by atoms with Gasteiger partial charge in [-0.25, -0.2) is 0 Å². The Bertz CT molecular complexity index is 981. The molecule has 1 amide bonds. The van der Waals surface area contributed by atoms with Gasteiger partial charge in [0.05, 0.1) is 12.6 Å². The van der Waals surface area contributed by atoms with E-state index in [9.17, 15) is 4.79 Å². The number of benzene rings is 3. The van der Waals surface area contributed by atoms with E-state index in [1.54, 1.807) is 0 Å². The third-order valence-corrected chi connectivity index (χ3v) is 5.32. The molecule has 1 aliphatic heterocycles. The van der Waals surface area contributed by atoms with Gasteiger partial charge in [-0.3, -0.25) is 4.79 Å². The Balaban J connectivity index is 1.64. The normalized spacial score (nSPS) is 13.7. The number of carbonyl (C=O) groups is 1. The van der Waals surface area contributed by atoms with Crippen molar-refractivity contribution in [3.8, 4) is 5.75 Å². The lowest BCUT2D eigenvalue weighted by Crippen LogP contribution is -2.29. The summed E-state index contributed by atoms with van der Waals surface area (Å²) in [5, 5.41) is 3.23. The smallest absolute Gasteiger partial charge is 0.252 e. The van der Waals surface area contributed by atoms with Gasteiger partial charge < -0.3 is 15.0 Å². The van der Waals surface area contributed by atoms with Crippen molar-refractivity contribution in [2.45, 2.75) is 18.9 Å². The number of amides is 1. The fraction of sp³-hybridized carbons (Fsp3) is 0.240. The first-order valence-electron chi connectivity index (χ1n) is 10.0. The number of carbonyl (C=O) groups excluding carboxylic acids is 1. The molecule has 1 N–H and O–H groups in total. The molecule has 0 spiro atoms. The fourth-order valence-corrected chi connectivity index (χ4v) is 3.69. The van der Waals surface area contributed by atoms with Crippen LogP contribution in [0.1, 0.15) is 39.5 Å². The predicted octanol–water partition coefficient (Wildman–Crippen LogP) is 4.60. The summed E-state index contributed by atoms with van der Waals surface area (Å²) in [5.74, 6) is 0.871. The molecule has 3 aromatic carbocycles. The minimum absolute atomic E-state index is 0.0851. The van der Waals surface area contributed by atoms with Crippen molar-refractivity contribution in [2.24, 2.45) is 0 Å². The largest absolute Gasteiger partial charge is 0.493 e. The van der Waals surface area contributed by atoms with Crippen LogP contribution in [0.3, 0.4) is 0 Å². The molecule has 0 saturated carbocycles. The molecule has 29 heavy (non-hydrogen) atoms. The Labute approximate surface area is 172 Å². The van der Waals surface area contributed by atoms with Crippen LogP contribution in [0.25, 0.3) is 0 Å². The van der Waals surface area contributed by atoms with Crippen LogP contribution in [0.5, 0.6) is 5.75 Å². The van der Waals surface area contributed by atoms with Gasteiger partial charge in [0.15, 0.2) is 0 Å². The molecule has 0 aromatic heterocycles. The molecule has 148 valence electrons. The molecule has 1 atom stereocenters. The number of nitrogens with zero attached hydrogens (tertiary/aromatic N) is 1. The average Bonchev–Trinajstić information content (AvgIpc) is 2.77. The Kier molecular flexibility index (Phi) is 5.52. The highest BCUT2D eigenvalue weighted by Gasteiger charge is 2.20. The fourth-order valence-electron chi connectivity index (χ4n) is 3.69. The molecule has 0 bridgehead atoms. The molecule has 4 nitrogen and oxygen atoms in total. The van der Waals surface area contributed by atoms with Gasteiger partial charge in [0, 0.05) is 25.3 Å². The van der Waals surface area contributed by atoms with Crippen LogP contribution in [0.15, 0.2) is 72.8 Å². The van der Waals surface area contributed by atoms with Crippen LogP contribution in [-0.4, -0.2) is 26.6 Å². The monoisotopic (exact) mass is 386 g/mol. The standard InChI is InChI=1S/C25H26N2O2/c1-27(2)22-13-10-19(11-14-22)25(28)26-24(18-7-4-3-5-8-18)21-12-15-23-20(17-21)9-6-16-29-23/h3-5,7-8,10-15,17,24H,6,9,16H2,1-2H3,(H,26,28). The number of rotatable bonds is 5. The van der Waals surface area contributed by atoms with E-state index in [2.05, 4.69) is 29.6 Å². The van der Waals surface area contributed by atoms with Crippen LogP contribution in [-0.2, 0) is 6.42 Å². The van der Waals surface area contributed by atoms with Crippen LogP contribution >= 0.6 is 0 Å². The van der Waals surface area contributed by atoms with Gasteiger partial charge in [-0.1, -0.05) is 36.4 Å². The average molecular weight is 386 g/mol. The van der Waals surface area contributed by atoms with E-state index in [4.69, 9.17) is 4.74 Å². The van der Waals surface area contributed by atoms with Crippen LogP contribution in [0.4, 0.5) is 5.69 Å². The molecular weight excluding hydrogens is 360 g/mol. The van der Waals surface area contributed by atoms with Crippen molar-refractivity contribution in [2.75, 3.05) is 25.6 Å². The van der Waals surface area contributed by atoms with Gasteiger partial charge in [0.25, 0.3) is 5.91 Å². The minimum atomic E-state index is -0.218. The molecule has 0 radical (unpaired) electrons. The van der Waals surface area contributed by atoms with Crippen molar-refractivity contribution in [1.82, 2.24) is 5.32 Å². The molecule has 4 heteroatoms. The van der Waals surface area contributed by atoms with E-state index >= 15 is 0 Å². The first-order valence-corrected chi connectivity index (χ1v) is 10.0. The number of hydrogen-bond donors (Lipinski definition) is 1. The van der Waals surface area contributed by atoms with Crippen molar-refractivity contribution < 1.29 is 9.53 Å². The van der Waals surface area contributed by atoms with Crippen LogP contribution in [0.2, 0.25) is 0 Å². The molecule has 0 aliphatic carbocycles. The van der Waals surface area contributed by atoms with E-state index < -0.39 is 0 Å². The Morgan fingerprint density at radius 1 is 0.966 bits per heavy atom. The van der Waals surface area contributed by atoms with Gasteiger partial charge in [-0.05, 0) is 65.9 Å². The van der Waals surface area contributed by atoms with E-state index in [-0.39, 0.29) is 11.9 Å². The van der Waals surface area contributed by atoms with E-state index in [0.29, 0.717) is 5.56 Å². The predicted molar refractivity (Wildman–Crippen MR) is 117 cm³/mol. The first-order chi connectivity index (χ1) is 14.1. The maximum absolute atomic E-state index is 13.0. The van der Waals surface area contributed by atoms with Gasteiger partial charge >= 0.3 is 0 Å². The molecular formula is C25H26N2O2. The second kappa shape index (κ2) is 8.39. The molecule has 0 saturated heterocycles.